The fourth-order valence-corrected chi connectivity index (χ4v) is 4.48. The van der Waals surface area contributed by atoms with Gasteiger partial charge in [0.05, 0.1) is 16.3 Å². The Morgan fingerprint density at radius 3 is 2.31 bits per heavy atom. The standard InChI is InChI=1S/C19H16F5N5O5S2/c1-36(32,33)12-4-2-10(3-5-12)13-6-7-14(35-13)16(34-17(30)19(22,23)24)29-18(31)28(26-27-29)9-11(8-25)15(20)21/h2-7,16H,8-9,25H2,1H3. The van der Waals surface area contributed by atoms with Crippen molar-refractivity contribution in [2.24, 2.45) is 5.73 Å². The van der Waals surface area contributed by atoms with Crippen molar-refractivity contribution in [3.63, 3.8) is 0 Å². The van der Waals surface area contributed by atoms with E-state index in [1.54, 1.807) is 0 Å². The fraction of sp³-hybridized carbons (Fsp3) is 0.263. The molecular formula is C19H16F5N5O5S2. The van der Waals surface area contributed by atoms with Gasteiger partial charge in [0.25, 0.3) is 6.08 Å². The summed E-state index contributed by atoms with van der Waals surface area (Å²) in [5, 5.41) is 6.77. The zero-order chi connectivity index (χ0) is 26.8. The van der Waals surface area contributed by atoms with E-state index in [0.29, 0.717) is 19.8 Å². The second-order valence-corrected chi connectivity index (χ2v) is 10.3. The van der Waals surface area contributed by atoms with Crippen LogP contribution in [-0.2, 0) is 25.9 Å². The number of sulfone groups is 1. The van der Waals surface area contributed by atoms with Crippen LogP contribution in [0.4, 0.5) is 22.0 Å². The maximum Gasteiger partial charge on any atom is 0.491 e. The van der Waals surface area contributed by atoms with Gasteiger partial charge in [-0.05, 0) is 40.3 Å². The summed E-state index contributed by atoms with van der Waals surface area (Å²) < 4.78 is 93.0. The fourth-order valence-electron chi connectivity index (χ4n) is 2.82. The lowest BCUT2D eigenvalue weighted by Gasteiger charge is -2.16. The second kappa shape index (κ2) is 10.3. The molecule has 0 amide bonds. The van der Waals surface area contributed by atoms with Gasteiger partial charge in [0.2, 0.25) is 6.23 Å². The predicted molar refractivity (Wildman–Crippen MR) is 116 cm³/mol. The van der Waals surface area contributed by atoms with E-state index in [0.717, 1.165) is 17.6 Å². The number of rotatable bonds is 8. The van der Waals surface area contributed by atoms with Crippen LogP contribution < -0.4 is 11.4 Å². The number of aromatic nitrogens is 4. The molecule has 194 valence electrons. The lowest BCUT2D eigenvalue weighted by Crippen LogP contribution is -2.35. The second-order valence-electron chi connectivity index (χ2n) is 7.19. The van der Waals surface area contributed by atoms with E-state index in [9.17, 15) is 40.0 Å². The van der Waals surface area contributed by atoms with Crippen LogP contribution in [0.3, 0.4) is 0 Å². The smallest absolute Gasteiger partial charge is 0.427 e. The summed E-state index contributed by atoms with van der Waals surface area (Å²) in [5.74, 6) is -2.63. The van der Waals surface area contributed by atoms with Crippen molar-refractivity contribution in [2.75, 3.05) is 12.8 Å². The Balaban J connectivity index is 2.02. The van der Waals surface area contributed by atoms with Gasteiger partial charge >= 0.3 is 17.8 Å². The summed E-state index contributed by atoms with van der Waals surface area (Å²) in [6.45, 7) is -1.42. The zero-order valence-electron chi connectivity index (χ0n) is 18.1. The minimum absolute atomic E-state index is 0.0405. The molecule has 3 rings (SSSR count). The molecule has 2 aromatic heterocycles. The average molecular weight is 553 g/mol. The molecule has 1 aromatic carbocycles. The Morgan fingerprint density at radius 1 is 1.14 bits per heavy atom. The number of alkyl halides is 3. The average Bonchev–Trinajstić information content (AvgIpc) is 3.41. The zero-order valence-corrected chi connectivity index (χ0v) is 19.7. The maximum absolute atomic E-state index is 12.9. The summed E-state index contributed by atoms with van der Waals surface area (Å²) in [6, 6.07) is 8.26. The molecule has 36 heavy (non-hydrogen) atoms. The molecule has 2 N–H and O–H groups in total. The van der Waals surface area contributed by atoms with Crippen molar-refractivity contribution in [1.82, 2.24) is 19.8 Å². The van der Waals surface area contributed by atoms with Crippen LogP contribution in [0.25, 0.3) is 10.4 Å². The van der Waals surface area contributed by atoms with E-state index in [2.05, 4.69) is 15.2 Å². The third-order valence-corrected chi connectivity index (χ3v) is 6.92. The van der Waals surface area contributed by atoms with Crippen LogP contribution in [-0.4, -0.2) is 53.2 Å². The van der Waals surface area contributed by atoms with Gasteiger partial charge in [0.1, 0.15) is 0 Å². The Kier molecular flexibility index (Phi) is 7.75. The molecule has 0 bridgehead atoms. The molecule has 10 nitrogen and oxygen atoms in total. The summed E-state index contributed by atoms with van der Waals surface area (Å²) in [7, 11) is -3.47. The molecule has 1 atom stereocenters. The molecular weight excluding hydrogens is 537 g/mol. The maximum atomic E-state index is 12.9. The molecule has 0 saturated heterocycles. The van der Waals surface area contributed by atoms with E-state index < -0.39 is 58.6 Å². The minimum Gasteiger partial charge on any atom is -0.427 e. The lowest BCUT2D eigenvalue weighted by atomic mass is 10.2. The van der Waals surface area contributed by atoms with Gasteiger partial charge in [0, 0.05) is 23.3 Å². The molecule has 3 aromatic rings. The highest BCUT2D eigenvalue weighted by molar-refractivity contribution is 7.90. The number of esters is 1. The number of nitrogens with zero attached hydrogens (tertiary/aromatic N) is 4. The van der Waals surface area contributed by atoms with Gasteiger partial charge in [-0.15, -0.1) is 16.0 Å². The molecule has 0 aliphatic rings. The van der Waals surface area contributed by atoms with Gasteiger partial charge in [-0.3, -0.25) is 0 Å². The monoisotopic (exact) mass is 553 g/mol. The van der Waals surface area contributed by atoms with Crippen molar-refractivity contribution in [1.29, 1.82) is 0 Å². The Bertz CT molecular complexity index is 1450. The number of carbonyl (C=O) groups excluding carboxylic acids is 1. The summed E-state index contributed by atoms with van der Waals surface area (Å²) >= 11 is 0.816. The van der Waals surface area contributed by atoms with E-state index >= 15 is 0 Å². The topological polar surface area (TPSA) is 139 Å². The van der Waals surface area contributed by atoms with Crippen molar-refractivity contribution in [2.45, 2.75) is 23.8 Å². The third kappa shape index (κ3) is 6.03. The third-order valence-electron chi connectivity index (χ3n) is 4.62. The minimum atomic E-state index is -5.41. The first-order valence-electron chi connectivity index (χ1n) is 9.65. The molecule has 2 heterocycles. The van der Waals surface area contributed by atoms with Crippen LogP contribution in [0.15, 0.2) is 57.7 Å². The van der Waals surface area contributed by atoms with Crippen LogP contribution in [0.1, 0.15) is 11.1 Å². The Labute approximate surface area is 203 Å². The SMILES string of the molecule is CS(=O)(=O)c1ccc(-c2ccc(C(OC(=O)C(F)(F)F)n3nnn(CC(CN)=C(F)F)c3=O)s2)cc1. The Morgan fingerprint density at radius 2 is 1.78 bits per heavy atom. The molecule has 0 aliphatic carbocycles. The van der Waals surface area contributed by atoms with Crippen molar-refractivity contribution < 1.29 is 39.9 Å². The van der Waals surface area contributed by atoms with Crippen molar-refractivity contribution in [3.8, 4) is 10.4 Å². The molecule has 0 radical (unpaired) electrons. The number of hydrogen-bond donors (Lipinski definition) is 1. The van der Waals surface area contributed by atoms with Gasteiger partial charge in [-0.25, -0.2) is 18.0 Å². The summed E-state index contributed by atoms with van der Waals surface area (Å²) in [5.41, 5.74) is 3.77. The quantitative estimate of drug-likeness (QED) is 0.331. The first-order chi connectivity index (χ1) is 16.7. The lowest BCUT2D eigenvalue weighted by molar-refractivity contribution is -0.207. The molecule has 17 heteroatoms. The summed E-state index contributed by atoms with van der Waals surface area (Å²) in [6.07, 6.45) is -8.59. The molecule has 0 fully saturated rings. The first-order valence-corrected chi connectivity index (χ1v) is 12.4. The van der Waals surface area contributed by atoms with Gasteiger partial charge in [-0.2, -0.15) is 26.6 Å². The number of hydrogen-bond acceptors (Lipinski definition) is 9. The number of halogens is 5. The normalized spacial score (nSPS) is 12.9. The number of thiophene rings is 1. The number of carbonyl (C=O) groups is 1. The highest BCUT2D eigenvalue weighted by Crippen LogP contribution is 2.34. The molecule has 0 aliphatic heterocycles. The highest BCUT2D eigenvalue weighted by Gasteiger charge is 2.43. The summed E-state index contributed by atoms with van der Waals surface area (Å²) in [4.78, 5) is 24.6. The van der Waals surface area contributed by atoms with E-state index in [1.165, 1.54) is 36.4 Å². The van der Waals surface area contributed by atoms with E-state index in [4.69, 9.17) is 5.73 Å². The van der Waals surface area contributed by atoms with Crippen LogP contribution in [0.2, 0.25) is 0 Å². The van der Waals surface area contributed by atoms with E-state index in [1.807, 2.05) is 0 Å². The highest BCUT2D eigenvalue weighted by atomic mass is 32.2. The predicted octanol–water partition coefficient (Wildman–Crippen LogP) is 2.33. The van der Waals surface area contributed by atoms with Crippen molar-refractivity contribution >= 4 is 27.1 Å². The van der Waals surface area contributed by atoms with E-state index in [-0.39, 0.29) is 9.77 Å². The van der Waals surface area contributed by atoms with Crippen LogP contribution in [0, 0.1) is 0 Å². The first kappa shape index (κ1) is 27.2. The van der Waals surface area contributed by atoms with Gasteiger partial charge in [-0.1, -0.05) is 12.1 Å². The van der Waals surface area contributed by atoms with Gasteiger partial charge < -0.3 is 10.5 Å². The van der Waals surface area contributed by atoms with Gasteiger partial charge in [0.15, 0.2) is 9.84 Å². The number of benzene rings is 1. The molecule has 0 saturated carbocycles. The Hall–Kier alpha value is -3.44. The van der Waals surface area contributed by atoms with Crippen LogP contribution in [0.5, 0.6) is 0 Å². The van der Waals surface area contributed by atoms with Crippen LogP contribution >= 0.6 is 11.3 Å². The largest absolute Gasteiger partial charge is 0.491 e. The number of tetrazole rings is 1. The molecule has 1 unspecified atom stereocenters. The number of ether oxygens (including phenoxy) is 1. The number of nitrogens with two attached hydrogens (primary N) is 1. The molecule has 0 spiro atoms. The van der Waals surface area contributed by atoms with Crippen molar-refractivity contribution in [3.05, 3.63) is 63.4 Å².